The number of nitrogens with zero attached hydrogens (tertiary/aromatic N) is 1. The van der Waals surface area contributed by atoms with Crippen LogP contribution >= 0.6 is 0 Å². The van der Waals surface area contributed by atoms with Gasteiger partial charge in [0.15, 0.2) is 0 Å². The number of hydrogen-bond acceptors (Lipinski definition) is 1. The van der Waals surface area contributed by atoms with E-state index >= 15 is 0 Å². The molecule has 1 nitrogen and oxygen atoms in total. The second kappa shape index (κ2) is 3.77. The fraction of sp³-hybridized carbons (Fsp3) is 0.444. The van der Waals surface area contributed by atoms with E-state index in [2.05, 4.69) is 4.98 Å². The predicted octanol–water partition coefficient (Wildman–Crippen LogP) is 3.28. The molecule has 0 atom stereocenters. The van der Waals surface area contributed by atoms with Crippen molar-refractivity contribution >= 4 is 0 Å². The second-order valence-electron chi connectivity index (χ2n) is 3.09. The topological polar surface area (TPSA) is 12.9 Å². The number of halogens is 3. The van der Waals surface area contributed by atoms with Gasteiger partial charge >= 0.3 is 0 Å². The van der Waals surface area contributed by atoms with E-state index in [0.717, 1.165) is 6.07 Å². The van der Waals surface area contributed by atoms with E-state index in [1.54, 1.807) is 13.8 Å². The van der Waals surface area contributed by atoms with Gasteiger partial charge in [0, 0.05) is 17.8 Å². The zero-order chi connectivity index (χ0) is 10.0. The predicted molar refractivity (Wildman–Crippen MR) is 43.2 cm³/mol. The van der Waals surface area contributed by atoms with E-state index in [0.29, 0.717) is 5.56 Å². The Hall–Kier alpha value is -1.06. The van der Waals surface area contributed by atoms with Crippen LogP contribution in [0.1, 0.15) is 37.4 Å². The minimum absolute atomic E-state index is 0.0424. The summed E-state index contributed by atoms with van der Waals surface area (Å²) in [5.41, 5.74) is -0.147. The first-order valence-electron chi connectivity index (χ1n) is 3.96. The molecule has 0 aliphatic heterocycles. The molecule has 0 saturated heterocycles. The zero-order valence-electron chi connectivity index (χ0n) is 7.39. The maximum Gasteiger partial charge on any atom is 0.280 e. The average molecular weight is 189 g/mol. The number of aromatic nitrogens is 1. The molecule has 13 heavy (non-hydrogen) atoms. The highest BCUT2D eigenvalue weighted by molar-refractivity contribution is 5.20. The third kappa shape index (κ3) is 2.20. The van der Waals surface area contributed by atoms with Crippen LogP contribution in [0.4, 0.5) is 13.2 Å². The van der Waals surface area contributed by atoms with Crippen LogP contribution in [0.25, 0.3) is 0 Å². The molecule has 1 heterocycles. The summed E-state index contributed by atoms with van der Waals surface area (Å²) in [5.74, 6) is -0.653. The summed E-state index contributed by atoms with van der Waals surface area (Å²) in [6.07, 6.45) is -1.54. The van der Waals surface area contributed by atoms with Gasteiger partial charge < -0.3 is 0 Å². The van der Waals surface area contributed by atoms with E-state index in [-0.39, 0.29) is 5.92 Å². The quantitative estimate of drug-likeness (QED) is 0.695. The van der Waals surface area contributed by atoms with Crippen molar-refractivity contribution in [1.82, 2.24) is 4.98 Å². The lowest BCUT2D eigenvalue weighted by atomic mass is 10.1. The maximum absolute atomic E-state index is 13.1. The normalized spacial score (nSPS) is 11.3. The van der Waals surface area contributed by atoms with Gasteiger partial charge in [0.05, 0.1) is 0 Å². The third-order valence-corrected chi connectivity index (χ3v) is 1.75. The molecular formula is C9H10F3N. The molecule has 0 bridgehead atoms. The van der Waals surface area contributed by atoms with Crippen molar-refractivity contribution in [3.05, 3.63) is 29.3 Å². The summed E-state index contributed by atoms with van der Waals surface area (Å²) in [4.78, 5) is 3.47. The first-order chi connectivity index (χ1) is 6.02. The Balaban J connectivity index is 3.06. The molecular weight excluding hydrogens is 179 g/mol. The van der Waals surface area contributed by atoms with E-state index in [1.807, 2.05) is 0 Å². The second-order valence-corrected chi connectivity index (χ2v) is 3.09. The lowest BCUT2D eigenvalue weighted by molar-refractivity contribution is 0.145. The molecule has 0 amide bonds. The molecule has 4 heteroatoms. The van der Waals surface area contributed by atoms with Gasteiger partial charge in [-0.3, -0.25) is 4.98 Å². The highest BCUT2D eigenvalue weighted by Gasteiger charge is 2.13. The summed E-state index contributed by atoms with van der Waals surface area (Å²) >= 11 is 0. The van der Waals surface area contributed by atoms with Crippen LogP contribution in [0.5, 0.6) is 0 Å². The molecule has 72 valence electrons. The number of pyridine rings is 1. The van der Waals surface area contributed by atoms with Crippen LogP contribution in [0.3, 0.4) is 0 Å². The molecule has 0 spiro atoms. The van der Waals surface area contributed by atoms with Crippen LogP contribution in [0.2, 0.25) is 0 Å². The smallest absolute Gasteiger partial charge is 0.255 e. The Morgan fingerprint density at radius 1 is 1.31 bits per heavy atom. The van der Waals surface area contributed by atoms with Crippen LogP contribution < -0.4 is 0 Å². The Morgan fingerprint density at radius 2 is 1.92 bits per heavy atom. The molecule has 1 aromatic heterocycles. The van der Waals surface area contributed by atoms with Gasteiger partial charge in [-0.2, -0.15) is 0 Å². The Morgan fingerprint density at radius 3 is 2.31 bits per heavy atom. The maximum atomic E-state index is 13.1. The summed E-state index contributed by atoms with van der Waals surface area (Å²) in [6, 6.07) is 0.792. The molecule has 0 aliphatic rings. The van der Waals surface area contributed by atoms with E-state index in [4.69, 9.17) is 0 Å². The fourth-order valence-corrected chi connectivity index (χ4v) is 1.00. The lowest BCUT2D eigenvalue weighted by Gasteiger charge is -2.07. The monoisotopic (exact) mass is 189 g/mol. The van der Waals surface area contributed by atoms with Gasteiger partial charge in [0.25, 0.3) is 6.43 Å². The Bertz CT molecular complexity index is 297. The lowest BCUT2D eigenvalue weighted by Crippen LogP contribution is -1.98. The van der Waals surface area contributed by atoms with E-state index in [1.165, 1.54) is 6.20 Å². The largest absolute Gasteiger partial charge is 0.280 e. The molecule has 0 radical (unpaired) electrons. The van der Waals surface area contributed by atoms with Crippen LogP contribution in [0, 0.1) is 5.82 Å². The molecule has 0 unspecified atom stereocenters. The number of hydrogen-bond donors (Lipinski definition) is 0. The molecule has 0 N–H and O–H groups in total. The molecule has 0 fully saturated rings. The van der Waals surface area contributed by atoms with Crippen molar-refractivity contribution in [2.75, 3.05) is 0 Å². The molecule has 0 saturated carbocycles. The van der Waals surface area contributed by atoms with E-state index in [9.17, 15) is 13.2 Å². The van der Waals surface area contributed by atoms with Crippen molar-refractivity contribution in [2.45, 2.75) is 26.2 Å². The van der Waals surface area contributed by atoms with Gasteiger partial charge in [0.1, 0.15) is 11.5 Å². The summed E-state index contributed by atoms with van der Waals surface area (Å²) < 4.78 is 37.2. The van der Waals surface area contributed by atoms with Gasteiger partial charge in [-0.15, -0.1) is 0 Å². The number of alkyl halides is 2. The van der Waals surface area contributed by atoms with Crippen molar-refractivity contribution in [3.8, 4) is 0 Å². The van der Waals surface area contributed by atoms with Crippen molar-refractivity contribution in [1.29, 1.82) is 0 Å². The highest BCUT2D eigenvalue weighted by atomic mass is 19.3. The molecule has 1 aromatic rings. The fourth-order valence-electron chi connectivity index (χ4n) is 1.00. The molecule has 0 aromatic carbocycles. The van der Waals surface area contributed by atoms with Gasteiger partial charge in [-0.25, -0.2) is 13.2 Å². The summed E-state index contributed by atoms with van der Waals surface area (Å²) in [5, 5.41) is 0. The Kier molecular flexibility index (Phi) is 2.90. The summed E-state index contributed by atoms with van der Waals surface area (Å²) in [6.45, 7) is 3.56. The standard InChI is InChI=1S/C9H10F3N/c1-5(2)6-4-13-8(9(11)12)3-7(6)10/h3-5,9H,1-2H3. The molecule has 1 rings (SSSR count). The van der Waals surface area contributed by atoms with Crippen LogP contribution in [0.15, 0.2) is 12.3 Å². The minimum Gasteiger partial charge on any atom is -0.255 e. The average Bonchev–Trinajstić information content (AvgIpc) is 2.03. The number of rotatable bonds is 2. The first kappa shape index (κ1) is 10.0. The van der Waals surface area contributed by atoms with Crippen LogP contribution in [-0.2, 0) is 0 Å². The van der Waals surface area contributed by atoms with Gasteiger partial charge in [-0.1, -0.05) is 13.8 Å². The zero-order valence-corrected chi connectivity index (χ0v) is 7.39. The van der Waals surface area contributed by atoms with Gasteiger partial charge in [0.2, 0.25) is 0 Å². The minimum atomic E-state index is -2.71. The van der Waals surface area contributed by atoms with Crippen molar-refractivity contribution < 1.29 is 13.2 Å². The van der Waals surface area contributed by atoms with Crippen molar-refractivity contribution in [2.24, 2.45) is 0 Å². The van der Waals surface area contributed by atoms with Gasteiger partial charge in [-0.05, 0) is 5.92 Å². The molecule has 0 aliphatic carbocycles. The van der Waals surface area contributed by atoms with E-state index < -0.39 is 17.9 Å². The highest BCUT2D eigenvalue weighted by Crippen LogP contribution is 2.22. The summed E-state index contributed by atoms with van der Waals surface area (Å²) in [7, 11) is 0. The SMILES string of the molecule is CC(C)c1cnc(C(F)F)cc1F. The van der Waals surface area contributed by atoms with Crippen molar-refractivity contribution in [3.63, 3.8) is 0 Å². The Labute approximate surface area is 74.6 Å². The third-order valence-electron chi connectivity index (χ3n) is 1.75. The first-order valence-corrected chi connectivity index (χ1v) is 3.96. The van der Waals surface area contributed by atoms with Crippen LogP contribution in [-0.4, -0.2) is 4.98 Å².